The van der Waals surface area contributed by atoms with Gasteiger partial charge < -0.3 is 15.5 Å². The predicted octanol–water partition coefficient (Wildman–Crippen LogP) is 2.10. The van der Waals surface area contributed by atoms with E-state index in [9.17, 15) is 0 Å². The summed E-state index contributed by atoms with van der Waals surface area (Å²) in [4.78, 5) is 7.09. The number of nitrogens with one attached hydrogen (secondary N) is 2. The van der Waals surface area contributed by atoms with E-state index < -0.39 is 0 Å². The first-order valence-corrected chi connectivity index (χ1v) is 9.05. The van der Waals surface area contributed by atoms with Crippen molar-refractivity contribution in [3.05, 3.63) is 36.2 Å². The average molecular weight is 326 g/mol. The maximum Gasteiger partial charge on any atom is 0.133 e. The van der Waals surface area contributed by atoms with E-state index in [1.165, 1.54) is 30.6 Å². The summed E-state index contributed by atoms with van der Waals surface area (Å²) in [7, 11) is 0. The summed E-state index contributed by atoms with van der Waals surface area (Å²) < 4.78 is 2.05. The number of hydrogen-bond acceptors (Lipinski definition) is 5. The molecule has 0 aliphatic carbocycles. The molecule has 1 saturated heterocycles. The van der Waals surface area contributed by atoms with Crippen LogP contribution in [-0.4, -0.2) is 40.9 Å². The fourth-order valence-corrected chi connectivity index (χ4v) is 3.69. The minimum atomic E-state index is 0.563. The summed E-state index contributed by atoms with van der Waals surface area (Å²) in [6.07, 6.45) is 7.68. The van der Waals surface area contributed by atoms with Crippen LogP contribution in [0.15, 0.2) is 30.6 Å². The van der Waals surface area contributed by atoms with Crippen LogP contribution in [-0.2, 0) is 13.1 Å². The third kappa shape index (κ3) is 3.38. The number of rotatable bonds is 5. The minimum Gasteiger partial charge on any atom is -0.370 e. The van der Waals surface area contributed by atoms with Gasteiger partial charge in [0.25, 0.3) is 0 Å². The van der Waals surface area contributed by atoms with Crippen molar-refractivity contribution in [3.63, 3.8) is 0 Å². The van der Waals surface area contributed by atoms with Crippen molar-refractivity contribution in [2.75, 3.05) is 36.4 Å². The highest BCUT2D eigenvalue weighted by molar-refractivity contribution is 5.47. The normalized spacial score (nSPS) is 20.5. The molecule has 6 nitrogen and oxygen atoms in total. The zero-order chi connectivity index (χ0) is 16.2. The SMILES string of the molecule is c1cnc(N2CCCCC2)c(CNCC2CNc3ccnn3C2)c1. The quantitative estimate of drug-likeness (QED) is 0.881. The first kappa shape index (κ1) is 15.4. The molecule has 0 aromatic carbocycles. The van der Waals surface area contributed by atoms with Gasteiger partial charge in [-0.1, -0.05) is 6.07 Å². The van der Waals surface area contributed by atoms with E-state index in [0.29, 0.717) is 5.92 Å². The number of fused-ring (bicyclic) bond motifs is 1. The highest BCUT2D eigenvalue weighted by Gasteiger charge is 2.19. The Morgan fingerprint density at radius 2 is 2.08 bits per heavy atom. The van der Waals surface area contributed by atoms with E-state index >= 15 is 0 Å². The molecule has 2 N–H and O–H groups in total. The molecule has 24 heavy (non-hydrogen) atoms. The van der Waals surface area contributed by atoms with Gasteiger partial charge in [0.05, 0.1) is 6.20 Å². The van der Waals surface area contributed by atoms with Crippen LogP contribution in [0.25, 0.3) is 0 Å². The first-order chi connectivity index (χ1) is 11.9. The molecule has 0 bridgehead atoms. The van der Waals surface area contributed by atoms with Gasteiger partial charge in [-0.3, -0.25) is 0 Å². The number of nitrogens with zero attached hydrogens (tertiary/aromatic N) is 4. The van der Waals surface area contributed by atoms with E-state index in [1.807, 2.05) is 24.5 Å². The Kier molecular flexibility index (Phi) is 4.64. The summed E-state index contributed by atoms with van der Waals surface area (Å²) >= 11 is 0. The molecule has 0 radical (unpaired) electrons. The molecule has 4 heterocycles. The van der Waals surface area contributed by atoms with Gasteiger partial charge in [0.2, 0.25) is 0 Å². The van der Waals surface area contributed by atoms with Crippen molar-refractivity contribution in [2.24, 2.45) is 5.92 Å². The largest absolute Gasteiger partial charge is 0.370 e. The lowest BCUT2D eigenvalue weighted by atomic mass is 10.1. The second-order valence-corrected chi connectivity index (χ2v) is 6.81. The molecule has 1 unspecified atom stereocenters. The molecule has 2 aromatic rings. The van der Waals surface area contributed by atoms with Crippen LogP contribution < -0.4 is 15.5 Å². The molecule has 2 aromatic heterocycles. The summed E-state index contributed by atoms with van der Waals surface area (Å²) in [6.45, 7) is 6.12. The second kappa shape index (κ2) is 7.21. The molecule has 0 spiro atoms. The third-order valence-corrected chi connectivity index (χ3v) is 4.99. The standard InChI is InChI=1S/C18H26N6/c1-2-9-23(10-3-1)18-16(5-4-7-20-18)13-19-11-15-12-21-17-6-8-22-24(17)14-15/h4-8,15,19,21H,1-3,9-14H2. The fraction of sp³-hybridized carbons (Fsp3) is 0.556. The highest BCUT2D eigenvalue weighted by atomic mass is 15.3. The number of anilines is 2. The van der Waals surface area contributed by atoms with Crippen LogP contribution in [0.5, 0.6) is 0 Å². The predicted molar refractivity (Wildman–Crippen MR) is 96.2 cm³/mol. The van der Waals surface area contributed by atoms with Gasteiger partial charge >= 0.3 is 0 Å². The second-order valence-electron chi connectivity index (χ2n) is 6.81. The highest BCUT2D eigenvalue weighted by Crippen LogP contribution is 2.22. The first-order valence-electron chi connectivity index (χ1n) is 9.05. The van der Waals surface area contributed by atoms with Crippen LogP contribution in [0, 0.1) is 5.92 Å². The maximum atomic E-state index is 4.65. The minimum absolute atomic E-state index is 0.563. The molecular weight excluding hydrogens is 300 g/mol. The Bertz CT molecular complexity index is 661. The van der Waals surface area contributed by atoms with Gasteiger partial charge in [0, 0.05) is 63.0 Å². The van der Waals surface area contributed by atoms with Gasteiger partial charge in [0.1, 0.15) is 11.6 Å². The molecule has 0 amide bonds. The van der Waals surface area contributed by atoms with E-state index in [-0.39, 0.29) is 0 Å². The van der Waals surface area contributed by atoms with Crippen molar-refractivity contribution in [2.45, 2.75) is 32.4 Å². The Balaban J connectivity index is 1.33. The molecule has 128 valence electrons. The van der Waals surface area contributed by atoms with Gasteiger partial charge in [-0.25, -0.2) is 9.67 Å². The molecule has 2 aliphatic heterocycles. The average Bonchev–Trinajstić information content (AvgIpc) is 3.11. The lowest BCUT2D eigenvalue weighted by molar-refractivity contribution is 0.391. The van der Waals surface area contributed by atoms with E-state index in [0.717, 1.165) is 45.1 Å². The van der Waals surface area contributed by atoms with E-state index in [1.54, 1.807) is 0 Å². The van der Waals surface area contributed by atoms with Gasteiger partial charge in [0.15, 0.2) is 0 Å². The monoisotopic (exact) mass is 326 g/mol. The molecule has 6 heteroatoms. The molecule has 1 fully saturated rings. The van der Waals surface area contributed by atoms with Crippen LogP contribution in [0.3, 0.4) is 0 Å². The molecular formula is C18H26N6. The van der Waals surface area contributed by atoms with Crippen molar-refractivity contribution >= 4 is 11.6 Å². The maximum absolute atomic E-state index is 4.65. The van der Waals surface area contributed by atoms with Gasteiger partial charge in [-0.15, -0.1) is 0 Å². The molecule has 2 aliphatic rings. The number of piperidine rings is 1. The van der Waals surface area contributed by atoms with E-state index in [2.05, 4.69) is 36.4 Å². The number of hydrogen-bond donors (Lipinski definition) is 2. The Hall–Kier alpha value is -2.08. The van der Waals surface area contributed by atoms with Crippen molar-refractivity contribution in [1.82, 2.24) is 20.1 Å². The summed E-state index contributed by atoms with van der Waals surface area (Å²) in [5, 5.41) is 11.4. The lowest BCUT2D eigenvalue weighted by Gasteiger charge is -2.29. The summed E-state index contributed by atoms with van der Waals surface area (Å²) in [5.41, 5.74) is 1.31. The van der Waals surface area contributed by atoms with Crippen LogP contribution in [0.4, 0.5) is 11.6 Å². The zero-order valence-corrected chi connectivity index (χ0v) is 14.1. The third-order valence-electron chi connectivity index (χ3n) is 4.99. The Labute approximate surface area is 143 Å². The van der Waals surface area contributed by atoms with Crippen molar-refractivity contribution in [3.8, 4) is 0 Å². The van der Waals surface area contributed by atoms with Crippen molar-refractivity contribution in [1.29, 1.82) is 0 Å². The van der Waals surface area contributed by atoms with Gasteiger partial charge in [-0.2, -0.15) is 5.10 Å². The Morgan fingerprint density at radius 1 is 1.17 bits per heavy atom. The topological polar surface area (TPSA) is 58.0 Å². The fourth-order valence-electron chi connectivity index (χ4n) is 3.69. The van der Waals surface area contributed by atoms with Gasteiger partial charge in [-0.05, 0) is 25.3 Å². The Morgan fingerprint density at radius 3 is 3.00 bits per heavy atom. The van der Waals surface area contributed by atoms with Crippen LogP contribution >= 0.6 is 0 Å². The van der Waals surface area contributed by atoms with Crippen LogP contribution in [0.2, 0.25) is 0 Å². The van der Waals surface area contributed by atoms with Crippen LogP contribution in [0.1, 0.15) is 24.8 Å². The molecule has 1 atom stereocenters. The molecule has 0 saturated carbocycles. The zero-order valence-electron chi connectivity index (χ0n) is 14.1. The molecule has 4 rings (SSSR count). The lowest BCUT2D eigenvalue weighted by Crippen LogP contribution is -2.36. The number of pyridine rings is 1. The van der Waals surface area contributed by atoms with E-state index in [4.69, 9.17) is 0 Å². The summed E-state index contributed by atoms with van der Waals surface area (Å²) in [5.74, 6) is 2.86. The van der Waals surface area contributed by atoms with Crippen molar-refractivity contribution < 1.29 is 0 Å². The summed E-state index contributed by atoms with van der Waals surface area (Å²) in [6, 6.07) is 6.28. The smallest absolute Gasteiger partial charge is 0.133 e. The number of aromatic nitrogens is 3.